The molecule has 0 aromatic carbocycles. The van der Waals surface area contributed by atoms with Gasteiger partial charge >= 0.3 is 5.97 Å². The average molecular weight is 417 g/mol. The van der Waals surface area contributed by atoms with Crippen molar-refractivity contribution in [1.82, 2.24) is 20.0 Å². The predicted molar refractivity (Wildman–Crippen MR) is 108 cm³/mol. The Hall–Kier alpha value is -2.81. The van der Waals surface area contributed by atoms with Crippen LogP contribution >= 0.6 is 11.3 Å². The minimum Gasteiger partial charge on any atom is -0.466 e. The molecule has 1 fully saturated rings. The van der Waals surface area contributed by atoms with Crippen LogP contribution in [0.4, 0.5) is 0 Å². The highest BCUT2D eigenvalue weighted by molar-refractivity contribution is 7.13. The number of pyridine rings is 1. The lowest BCUT2D eigenvalue weighted by atomic mass is 10.2. The molecule has 0 N–H and O–H groups in total. The minimum absolute atomic E-state index is 0.109. The van der Waals surface area contributed by atoms with Gasteiger partial charge in [-0.2, -0.15) is 0 Å². The Bertz CT molecular complexity index is 855. The maximum Gasteiger partial charge on any atom is 0.305 e. The first-order valence-electron chi connectivity index (χ1n) is 9.74. The average Bonchev–Trinajstić information content (AvgIpc) is 3.41. The normalized spacial score (nSPS) is 13.6. The molecule has 0 spiro atoms. The summed E-state index contributed by atoms with van der Waals surface area (Å²) in [6.07, 6.45) is 5.89. The number of thiazole rings is 1. The summed E-state index contributed by atoms with van der Waals surface area (Å²) in [6, 6.07) is 3.71. The molecule has 9 heteroatoms. The van der Waals surface area contributed by atoms with E-state index in [0.717, 1.165) is 17.0 Å². The van der Waals surface area contributed by atoms with E-state index in [2.05, 4.69) is 9.97 Å². The summed E-state index contributed by atoms with van der Waals surface area (Å²) >= 11 is 1.38. The van der Waals surface area contributed by atoms with Crippen LogP contribution in [0.3, 0.4) is 0 Å². The van der Waals surface area contributed by atoms with Crippen molar-refractivity contribution >= 4 is 29.1 Å². The van der Waals surface area contributed by atoms with E-state index < -0.39 is 0 Å². The number of nitrogens with zero attached hydrogens (tertiary/aromatic N) is 4. The van der Waals surface area contributed by atoms with E-state index >= 15 is 0 Å². The number of unbranched alkanes of at least 4 members (excludes halogenated alkanes) is 1. The Morgan fingerprint density at radius 1 is 1.17 bits per heavy atom. The molecule has 1 saturated heterocycles. The molecule has 0 saturated carbocycles. The quantitative estimate of drug-likeness (QED) is 0.485. The number of amides is 2. The van der Waals surface area contributed by atoms with Crippen LogP contribution in [-0.2, 0) is 14.3 Å². The maximum atomic E-state index is 12.9. The third kappa shape index (κ3) is 5.38. The Labute approximate surface area is 173 Å². The number of esters is 1. The van der Waals surface area contributed by atoms with Gasteiger partial charge in [0.15, 0.2) is 0 Å². The Morgan fingerprint density at radius 3 is 2.72 bits per heavy atom. The van der Waals surface area contributed by atoms with E-state index in [1.165, 1.54) is 21.4 Å². The molecule has 0 radical (unpaired) electrons. The Morgan fingerprint density at radius 2 is 1.97 bits per heavy atom. The minimum atomic E-state index is -0.270. The molecule has 2 amide bonds. The molecule has 2 aromatic rings. The molecule has 2 aromatic heterocycles. The summed E-state index contributed by atoms with van der Waals surface area (Å²) in [5, 5.41) is 5.42. The fraction of sp³-hybridized carbons (Fsp3) is 0.450. The van der Waals surface area contributed by atoms with Gasteiger partial charge in [-0.3, -0.25) is 24.4 Å². The molecule has 0 aliphatic carbocycles. The number of carbonyl (C=O) groups excluding carboxylic acids is 3. The summed E-state index contributed by atoms with van der Waals surface area (Å²) in [4.78, 5) is 45.3. The molecule has 0 unspecified atom stereocenters. The zero-order valence-corrected chi connectivity index (χ0v) is 17.2. The van der Waals surface area contributed by atoms with E-state index in [0.29, 0.717) is 51.1 Å². The standard InChI is InChI=1S/C20H24N4O4S/c1-2-28-18(26)9-4-3-8-17(25)23-11-6-12-24(23)20(27)16-14-29-19(22-16)15-7-5-10-21-13-15/h5,7,10,13-14H,2-4,6,8-9,11-12H2,1H3. The topological polar surface area (TPSA) is 92.7 Å². The molecule has 29 heavy (non-hydrogen) atoms. The molecule has 3 heterocycles. The zero-order valence-electron chi connectivity index (χ0n) is 16.4. The van der Waals surface area contributed by atoms with Crippen molar-refractivity contribution < 1.29 is 19.1 Å². The second kappa shape index (κ2) is 10.1. The third-order valence-electron chi connectivity index (χ3n) is 4.51. The largest absolute Gasteiger partial charge is 0.466 e. The second-order valence-electron chi connectivity index (χ2n) is 6.59. The summed E-state index contributed by atoms with van der Waals surface area (Å²) < 4.78 is 4.88. The van der Waals surface area contributed by atoms with Gasteiger partial charge in [0.2, 0.25) is 5.91 Å². The van der Waals surface area contributed by atoms with Crippen molar-refractivity contribution in [1.29, 1.82) is 0 Å². The van der Waals surface area contributed by atoms with Crippen molar-refractivity contribution in [3.8, 4) is 10.6 Å². The first kappa shape index (κ1) is 20.9. The number of ether oxygens (including phenoxy) is 1. The molecule has 8 nitrogen and oxygen atoms in total. The van der Waals surface area contributed by atoms with Crippen LogP contribution in [0.2, 0.25) is 0 Å². The molecule has 1 aliphatic heterocycles. The maximum absolute atomic E-state index is 12.9. The van der Waals surface area contributed by atoms with Gasteiger partial charge in [0.1, 0.15) is 10.7 Å². The van der Waals surface area contributed by atoms with E-state index in [1.54, 1.807) is 24.7 Å². The van der Waals surface area contributed by atoms with Crippen LogP contribution in [0, 0.1) is 0 Å². The zero-order chi connectivity index (χ0) is 20.6. The number of hydrogen-bond donors (Lipinski definition) is 0. The number of aromatic nitrogens is 2. The van der Waals surface area contributed by atoms with Gasteiger partial charge in [0.05, 0.1) is 6.61 Å². The van der Waals surface area contributed by atoms with Crippen molar-refractivity contribution in [2.45, 2.75) is 39.0 Å². The van der Waals surface area contributed by atoms with E-state index in [9.17, 15) is 14.4 Å². The molecular formula is C20H24N4O4S. The summed E-state index contributed by atoms with van der Waals surface area (Å²) in [5.41, 5.74) is 1.18. The van der Waals surface area contributed by atoms with Crippen LogP contribution in [0.5, 0.6) is 0 Å². The van der Waals surface area contributed by atoms with Gasteiger partial charge in [-0.05, 0) is 38.3 Å². The molecule has 0 bridgehead atoms. The summed E-state index contributed by atoms with van der Waals surface area (Å²) in [6.45, 7) is 3.14. The fourth-order valence-electron chi connectivity index (χ4n) is 3.12. The highest BCUT2D eigenvalue weighted by atomic mass is 32.1. The Balaban J connectivity index is 1.56. The van der Waals surface area contributed by atoms with Crippen LogP contribution in [-0.4, -0.2) is 57.5 Å². The lowest BCUT2D eigenvalue weighted by Gasteiger charge is -2.27. The molecule has 3 rings (SSSR count). The van der Waals surface area contributed by atoms with Crippen LogP contribution in [0.1, 0.15) is 49.5 Å². The SMILES string of the molecule is CCOC(=O)CCCCC(=O)N1CCCN1C(=O)c1csc(-c2cccnc2)n1. The van der Waals surface area contributed by atoms with Gasteiger partial charge in [-0.1, -0.05) is 0 Å². The number of hydrogen-bond acceptors (Lipinski definition) is 7. The van der Waals surface area contributed by atoms with Crippen molar-refractivity contribution in [2.24, 2.45) is 0 Å². The summed E-state index contributed by atoms with van der Waals surface area (Å²) in [5.74, 6) is -0.623. The monoisotopic (exact) mass is 416 g/mol. The summed E-state index contributed by atoms with van der Waals surface area (Å²) in [7, 11) is 0. The smallest absolute Gasteiger partial charge is 0.305 e. The number of rotatable bonds is 8. The van der Waals surface area contributed by atoms with E-state index in [1.807, 2.05) is 12.1 Å². The van der Waals surface area contributed by atoms with Gasteiger partial charge in [0.25, 0.3) is 5.91 Å². The fourth-order valence-corrected chi connectivity index (χ4v) is 3.90. The van der Waals surface area contributed by atoms with E-state index in [-0.39, 0.29) is 17.8 Å². The first-order chi connectivity index (χ1) is 14.1. The van der Waals surface area contributed by atoms with Crippen molar-refractivity contribution in [2.75, 3.05) is 19.7 Å². The highest BCUT2D eigenvalue weighted by Gasteiger charge is 2.32. The third-order valence-corrected chi connectivity index (χ3v) is 5.40. The van der Waals surface area contributed by atoms with Gasteiger partial charge in [0, 0.05) is 49.3 Å². The first-order valence-corrected chi connectivity index (χ1v) is 10.6. The van der Waals surface area contributed by atoms with Gasteiger partial charge in [-0.15, -0.1) is 11.3 Å². The van der Waals surface area contributed by atoms with Crippen molar-refractivity contribution in [3.05, 3.63) is 35.6 Å². The predicted octanol–water partition coefficient (Wildman–Crippen LogP) is 2.92. The molecular weight excluding hydrogens is 392 g/mol. The van der Waals surface area contributed by atoms with Crippen LogP contribution in [0.15, 0.2) is 29.9 Å². The van der Waals surface area contributed by atoms with Crippen LogP contribution in [0.25, 0.3) is 10.6 Å². The van der Waals surface area contributed by atoms with E-state index in [4.69, 9.17) is 4.74 Å². The second-order valence-corrected chi connectivity index (χ2v) is 7.45. The van der Waals surface area contributed by atoms with Crippen LogP contribution < -0.4 is 0 Å². The lowest BCUT2D eigenvalue weighted by Crippen LogP contribution is -2.44. The molecule has 154 valence electrons. The number of hydrazine groups is 1. The van der Waals surface area contributed by atoms with Gasteiger partial charge < -0.3 is 4.74 Å². The molecule has 1 aliphatic rings. The van der Waals surface area contributed by atoms with Crippen molar-refractivity contribution in [3.63, 3.8) is 0 Å². The molecule has 0 atom stereocenters. The highest BCUT2D eigenvalue weighted by Crippen LogP contribution is 2.25. The number of carbonyl (C=O) groups is 3. The Kier molecular flexibility index (Phi) is 7.29. The van der Waals surface area contributed by atoms with Gasteiger partial charge in [-0.25, -0.2) is 9.99 Å². The lowest BCUT2D eigenvalue weighted by molar-refractivity contribution is -0.144.